The van der Waals surface area contributed by atoms with Crippen molar-refractivity contribution in [2.45, 2.75) is 45.3 Å². The third-order valence-electron chi connectivity index (χ3n) is 4.99. The van der Waals surface area contributed by atoms with Crippen molar-refractivity contribution in [3.05, 3.63) is 11.3 Å². The van der Waals surface area contributed by atoms with Crippen LogP contribution < -0.4 is 10.2 Å². The van der Waals surface area contributed by atoms with Crippen LogP contribution in [-0.4, -0.2) is 53.9 Å². The molecular formula is C16H29N5. The maximum atomic E-state index is 4.67. The van der Waals surface area contributed by atoms with E-state index in [9.17, 15) is 0 Å². The van der Waals surface area contributed by atoms with Gasteiger partial charge >= 0.3 is 0 Å². The maximum Gasteiger partial charge on any atom is 0.131 e. The molecule has 118 valence electrons. The second-order valence-electron chi connectivity index (χ2n) is 7.08. The molecule has 1 aromatic heterocycles. The minimum atomic E-state index is 0.629. The van der Waals surface area contributed by atoms with E-state index in [-0.39, 0.29) is 0 Å². The number of anilines is 1. The van der Waals surface area contributed by atoms with Gasteiger partial charge in [0.2, 0.25) is 0 Å². The van der Waals surface area contributed by atoms with Gasteiger partial charge in [0.05, 0.1) is 5.69 Å². The predicted octanol–water partition coefficient (Wildman–Crippen LogP) is 1.37. The van der Waals surface area contributed by atoms with E-state index in [2.05, 4.69) is 59.9 Å². The lowest BCUT2D eigenvalue weighted by Gasteiger charge is -2.23. The molecule has 1 aliphatic carbocycles. The molecule has 0 spiro atoms. The van der Waals surface area contributed by atoms with E-state index in [1.165, 1.54) is 29.9 Å². The van der Waals surface area contributed by atoms with Gasteiger partial charge in [0, 0.05) is 44.3 Å². The molecule has 1 aliphatic heterocycles. The summed E-state index contributed by atoms with van der Waals surface area (Å²) in [6.07, 6.45) is 2.66. The monoisotopic (exact) mass is 291 g/mol. The second-order valence-corrected chi connectivity index (χ2v) is 7.08. The quantitative estimate of drug-likeness (QED) is 0.889. The van der Waals surface area contributed by atoms with Crippen LogP contribution >= 0.6 is 0 Å². The highest BCUT2D eigenvalue weighted by molar-refractivity contribution is 5.51. The minimum absolute atomic E-state index is 0.629. The summed E-state index contributed by atoms with van der Waals surface area (Å²) in [6, 6.07) is 1.37. The van der Waals surface area contributed by atoms with Gasteiger partial charge in [0.15, 0.2) is 0 Å². The smallest absolute Gasteiger partial charge is 0.131 e. The summed E-state index contributed by atoms with van der Waals surface area (Å²) >= 11 is 0. The topological polar surface area (TPSA) is 36.3 Å². The number of likely N-dealkylation sites (N-methyl/N-ethyl adjacent to an activating group) is 1. The van der Waals surface area contributed by atoms with E-state index in [0.29, 0.717) is 12.0 Å². The molecular weight excluding hydrogens is 262 g/mol. The Hall–Kier alpha value is -1.07. The van der Waals surface area contributed by atoms with E-state index in [1.54, 1.807) is 0 Å². The molecule has 2 heterocycles. The fraction of sp³-hybridized carbons (Fsp3) is 0.812. The zero-order valence-corrected chi connectivity index (χ0v) is 14.1. The molecule has 3 rings (SSSR count). The summed E-state index contributed by atoms with van der Waals surface area (Å²) in [4.78, 5) is 4.88. The molecule has 0 amide bonds. The van der Waals surface area contributed by atoms with E-state index in [0.717, 1.165) is 25.7 Å². The molecule has 5 heteroatoms. The Labute approximate surface area is 128 Å². The number of nitrogens with zero attached hydrogens (tertiary/aromatic N) is 4. The number of rotatable bonds is 5. The summed E-state index contributed by atoms with van der Waals surface area (Å²) in [5.41, 5.74) is 2.55. The Bertz CT molecular complexity index is 503. The summed E-state index contributed by atoms with van der Waals surface area (Å²) in [6.45, 7) is 7.67. The second kappa shape index (κ2) is 5.61. The van der Waals surface area contributed by atoms with Gasteiger partial charge < -0.3 is 15.1 Å². The van der Waals surface area contributed by atoms with Gasteiger partial charge in [-0.05, 0) is 39.8 Å². The first-order valence-corrected chi connectivity index (χ1v) is 8.14. The van der Waals surface area contributed by atoms with Crippen LogP contribution in [0, 0.1) is 12.8 Å². The van der Waals surface area contributed by atoms with E-state index in [4.69, 9.17) is 0 Å². The molecule has 1 aromatic rings. The largest absolute Gasteiger partial charge is 0.355 e. The van der Waals surface area contributed by atoms with Gasteiger partial charge in [-0.3, -0.25) is 4.68 Å². The van der Waals surface area contributed by atoms with Gasteiger partial charge in [-0.1, -0.05) is 6.92 Å². The van der Waals surface area contributed by atoms with Crippen molar-refractivity contribution in [3.63, 3.8) is 0 Å². The first-order chi connectivity index (χ1) is 9.97. The average Bonchev–Trinajstić information content (AvgIpc) is 3.08. The number of nitrogens with one attached hydrogen (secondary N) is 1. The van der Waals surface area contributed by atoms with Crippen LogP contribution in [0.5, 0.6) is 0 Å². The predicted molar refractivity (Wildman–Crippen MR) is 86.7 cm³/mol. The first-order valence-electron chi connectivity index (χ1n) is 8.14. The third kappa shape index (κ3) is 2.94. The van der Waals surface area contributed by atoms with Crippen LogP contribution in [0.3, 0.4) is 0 Å². The SMILES string of the molecule is Cc1nn(C)c(N2CC(C)C(N(C)C)C2)c1CNC1CC1. The van der Waals surface area contributed by atoms with Gasteiger partial charge in [-0.15, -0.1) is 0 Å². The van der Waals surface area contributed by atoms with E-state index < -0.39 is 0 Å². The number of aryl methyl sites for hydroxylation is 2. The Morgan fingerprint density at radius 3 is 2.57 bits per heavy atom. The summed E-state index contributed by atoms with van der Waals surface area (Å²) in [7, 11) is 6.46. The number of aromatic nitrogens is 2. The highest BCUT2D eigenvalue weighted by Gasteiger charge is 2.34. The van der Waals surface area contributed by atoms with Crippen molar-refractivity contribution >= 4 is 5.82 Å². The third-order valence-corrected chi connectivity index (χ3v) is 4.99. The van der Waals surface area contributed by atoms with Crippen molar-refractivity contribution in [2.75, 3.05) is 32.1 Å². The van der Waals surface area contributed by atoms with Crippen LogP contribution in [0.2, 0.25) is 0 Å². The molecule has 0 bridgehead atoms. The maximum absolute atomic E-state index is 4.67. The molecule has 1 N–H and O–H groups in total. The molecule has 0 radical (unpaired) electrons. The highest BCUT2D eigenvalue weighted by Crippen LogP contribution is 2.31. The van der Waals surface area contributed by atoms with E-state index in [1.807, 2.05) is 0 Å². The van der Waals surface area contributed by atoms with Crippen molar-refractivity contribution < 1.29 is 0 Å². The average molecular weight is 291 g/mol. The molecule has 0 aromatic carbocycles. The molecule has 5 nitrogen and oxygen atoms in total. The van der Waals surface area contributed by atoms with Gasteiger partial charge in [0.25, 0.3) is 0 Å². The zero-order valence-electron chi connectivity index (χ0n) is 14.1. The number of hydrogen-bond donors (Lipinski definition) is 1. The van der Waals surface area contributed by atoms with Crippen LogP contribution in [0.1, 0.15) is 31.0 Å². The number of hydrogen-bond acceptors (Lipinski definition) is 4. The fourth-order valence-electron chi connectivity index (χ4n) is 3.62. The van der Waals surface area contributed by atoms with Crippen LogP contribution in [0.15, 0.2) is 0 Å². The molecule has 2 unspecified atom stereocenters. The van der Waals surface area contributed by atoms with Crippen molar-refractivity contribution in [3.8, 4) is 0 Å². The minimum Gasteiger partial charge on any atom is -0.355 e. The first kappa shape index (κ1) is 14.9. The lowest BCUT2D eigenvalue weighted by atomic mass is 10.1. The highest BCUT2D eigenvalue weighted by atomic mass is 15.4. The Morgan fingerprint density at radius 1 is 1.29 bits per heavy atom. The Kier molecular flexibility index (Phi) is 3.97. The Balaban J connectivity index is 1.80. The van der Waals surface area contributed by atoms with E-state index >= 15 is 0 Å². The molecule has 2 aliphatic rings. The van der Waals surface area contributed by atoms with Crippen LogP contribution in [-0.2, 0) is 13.6 Å². The van der Waals surface area contributed by atoms with Crippen LogP contribution in [0.4, 0.5) is 5.82 Å². The van der Waals surface area contributed by atoms with Crippen LogP contribution in [0.25, 0.3) is 0 Å². The lowest BCUT2D eigenvalue weighted by molar-refractivity contribution is 0.266. The van der Waals surface area contributed by atoms with Crippen molar-refractivity contribution in [1.29, 1.82) is 0 Å². The van der Waals surface area contributed by atoms with Crippen molar-refractivity contribution in [2.24, 2.45) is 13.0 Å². The van der Waals surface area contributed by atoms with Gasteiger partial charge in [-0.25, -0.2) is 0 Å². The normalized spacial score (nSPS) is 26.1. The van der Waals surface area contributed by atoms with Gasteiger partial charge in [-0.2, -0.15) is 5.10 Å². The zero-order chi connectivity index (χ0) is 15.1. The van der Waals surface area contributed by atoms with Gasteiger partial charge in [0.1, 0.15) is 5.82 Å². The Morgan fingerprint density at radius 2 is 2.00 bits per heavy atom. The summed E-state index contributed by atoms with van der Waals surface area (Å²) < 4.78 is 2.07. The molecule has 1 saturated heterocycles. The summed E-state index contributed by atoms with van der Waals surface area (Å²) in [5.74, 6) is 2.01. The van der Waals surface area contributed by atoms with Crippen molar-refractivity contribution in [1.82, 2.24) is 20.0 Å². The molecule has 2 atom stereocenters. The molecule has 2 fully saturated rings. The standard InChI is InChI=1S/C16H29N5/c1-11-9-21(10-15(11)19(3)4)16-14(8-17-13-6-7-13)12(2)18-20(16)5/h11,13,15,17H,6-10H2,1-5H3. The lowest BCUT2D eigenvalue weighted by Crippen LogP contribution is -2.34. The molecule has 21 heavy (non-hydrogen) atoms. The molecule has 1 saturated carbocycles. The fourth-order valence-corrected chi connectivity index (χ4v) is 3.62. The summed E-state index contributed by atoms with van der Waals surface area (Å²) in [5, 5.41) is 8.32.